The van der Waals surface area contributed by atoms with E-state index in [1.807, 2.05) is 0 Å². The van der Waals surface area contributed by atoms with Gasteiger partial charge in [0.25, 0.3) is 0 Å². The molecule has 2 N–H and O–H groups in total. The predicted molar refractivity (Wildman–Crippen MR) is 10.0 cm³/mol. The van der Waals surface area contributed by atoms with E-state index in [-0.39, 0.29) is 55.3 Å². The summed E-state index contributed by atoms with van der Waals surface area (Å²) in [6.07, 6.45) is 0. The van der Waals surface area contributed by atoms with Crippen molar-refractivity contribution in [2.45, 2.75) is 0 Å². The number of nitrogens with two attached hydrogens (primary N) is 1. The van der Waals surface area contributed by atoms with Crippen molar-refractivity contribution < 1.29 is 55.3 Å². The van der Waals surface area contributed by atoms with E-state index >= 15 is 0 Å². The Morgan fingerprint density at radius 2 is 1.00 bits per heavy atom. The molecule has 0 atom stereocenters. The molecule has 1 nitrogen and oxygen atoms in total. The molecule has 0 bridgehead atoms. The zero-order chi connectivity index (χ0) is 2.00. The molecular formula is H2ClHg2N. The molecule has 0 unspecified atom stereocenters. The van der Waals surface area contributed by atoms with Gasteiger partial charge in [0.1, 0.15) is 0 Å². The Balaban J connectivity index is -0.00000000500. The Morgan fingerprint density at radius 1 is 1.00 bits per heavy atom. The molecule has 0 spiro atoms. The number of hydrogen-bond donors (Lipinski definition) is 1. The maximum Gasteiger partial charge on any atom is 0 e. The van der Waals surface area contributed by atoms with Gasteiger partial charge in [-0.3, -0.25) is 0 Å². The summed E-state index contributed by atoms with van der Waals surface area (Å²) in [7, 11) is 0. The van der Waals surface area contributed by atoms with Crippen LogP contribution in [0.4, 0.5) is 0 Å². The van der Waals surface area contributed by atoms with Crippen LogP contribution in [0.1, 0.15) is 0 Å². The number of halogens is 1. The molecule has 0 aromatic heterocycles. The minimum Gasteiger partial charge on any atom is -0.247 e. The van der Waals surface area contributed by atoms with Gasteiger partial charge >= 0.3 is 0 Å². The van der Waals surface area contributed by atoms with Crippen LogP contribution in [0.5, 0.6) is 0 Å². The van der Waals surface area contributed by atoms with Crippen molar-refractivity contribution in [2.75, 3.05) is 0 Å². The van der Waals surface area contributed by atoms with Crippen molar-refractivity contribution in [1.29, 1.82) is 0 Å². The van der Waals surface area contributed by atoms with E-state index < -0.39 is 0 Å². The van der Waals surface area contributed by atoms with Crippen LogP contribution in [0, 0.1) is 0 Å². The minimum absolute atomic E-state index is 0. The minimum atomic E-state index is 0. The van der Waals surface area contributed by atoms with Crippen molar-refractivity contribution in [2.24, 2.45) is 5.25 Å². The van der Waals surface area contributed by atoms with E-state index in [9.17, 15) is 0 Å². The van der Waals surface area contributed by atoms with Crippen molar-refractivity contribution >= 4 is 11.8 Å². The number of rotatable bonds is 0. The molecule has 18 valence electrons. The fourth-order valence-electron chi connectivity index (χ4n) is 0. The van der Waals surface area contributed by atoms with Crippen molar-refractivity contribution in [3.8, 4) is 0 Å². The van der Waals surface area contributed by atoms with Crippen LogP contribution in [-0.2, 0) is 55.3 Å². The topological polar surface area (TPSA) is 26.0 Å². The molecule has 0 amide bonds. The van der Waals surface area contributed by atoms with Gasteiger partial charge in [-0.05, 0) is 11.8 Å². The summed E-state index contributed by atoms with van der Waals surface area (Å²) in [5.41, 5.74) is 0. The maximum absolute atomic E-state index is 4.14. The van der Waals surface area contributed by atoms with E-state index in [0.717, 1.165) is 0 Å². The van der Waals surface area contributed by atoms with Crippen LogP contribution in [0.15, 0.2) is 0 Å². The summed E-state index contributed by atoms with van der Waals surface area (Å²) in [5.74, 6) is 0. The molecule has 0 aliphatic carbocycles. The molecule has 0 aliphatic heterocycles. The van der Waals surface area contributed by atoms with Crippen LogP contribution in [0.2, 0.25) is 0 Å². The van der Waals surface area contributed by atoms with Gasteiger partial charge in [0.2, 0.25) is 0 Å². The molecule has 0 aromatic rings. The molecular weight excluding hydrogens is 451 g/mol. The third kappa shape index (κ3) is 8.92. The van der Waals surface area contributed by atoms with Crippen molar-refractivity contribution in [3.05, 3.63) is 0 Å². The Bertz CT molecular complexity index is 6.00. The van der Waals surface area contributed by atoms with Crippen LogP contribution < -0.4 is 5.25 Å². The monoisotopic (exact) mass is 455 g/mol. The van der Waals surface area contributed by atoms with Crippen LogP contribution >= 0.6 is 11.8 Å². The van der Waals surface area contributed by atoms with E-state index in [1.54, 1.807) is 0 Å². The Labute approximate surface area is 71.4 Å². The van der Waals surface area contributed by atoms with Gasteiger partial charge in [-0.2, -0.15) is 0 Å². The molecule has 0 heterocycles. The third-order valence-corrected chi connectivity index (χ3v) is 0. The third-order valence-electron chi connectivity index (χ3n) is 0. The molecule has 0 aliphatic rings. The zero-order valence-corrected chi connectivity index (χ0v) is 14.1. The van der Waals surface area contributed by atoms with Gasteiger partial charge in [-0.25, -0.2) is 5.25 Å². The van der Waals surface area contributed by atoms with Crippen LogP contribution in [0.25, 0.3) is 0 Å². The summed E-state index contributed by atoms with van der Waals surface area (Å²) in [6.45, 7) is 0. The summed E-state index contributed by atoms with van der Waals surface area (Å²) in [4.78, 5) is 0. The average Bonchev–Trinajstić information content (AvgIpc) is 1.00. The summed E-state index contributed by atoms with van der Waals surface area (Å²) in [6, 6.07) is 0. The van der Waals surface area contributed by atoms with Gasteiger partial charge in [-0.1, -0.05) is 0 Å². The normalized spacial score (nSPS) is 1.50. The second-order valence-corrected chi connectivity index (χ2v) is 0. The zero-order valence-electron chi connectivity index (χ0n) is 2.37. The largest absolute Gasteiger partial charge is 0.247 e. The fraction of sp³-hybridized carbons (Fsp3) is 0. The predicted octanol–water partition coefficient (Wildman–Crippen LogP) is 0.0939. The Kier molecular flexibility index (Phi) is 79.7. The molecule has 0 aromatic carbocycles. The standard InChI is InChI=1S/ClH2N.2Hg/c1-2;;/h2H2;;. The quantitative estimate of drug-likeness (QED) is 0.409. The fourth-order valence-corrected chi connectivity index (χ4v) is 0. The maximum atomic E-state index is 4.14. The van der Waals surface area contributed by atoms with Crippen LogP contribution in [0.3, 0.4) is 0 Å². The van der Waals surface area contributed by atoms with Gasteiger partial charge in [-0.15, -0.1) is 0 Å². The molecule has 0 rings (SSSR count). The second-order valence-electron chi connectivity index (χ2n) is 0. The first-order chi connectivity index (χ1) is 1.00. The summed E-state index contributed by atoms with van der Waals surface area (Å²) < 4.78 is 0. The smallest absolute Gasteiger partial charge is 0 e. The Morgan fingerprint density at radius 3 is 1.00 bits per heavy atom. The SMILES string of the molecule is NCl.[Hg].[Hg]. The number of hydrogen-bond acceptors (Lipinski definition) is 1. The average molecular weight is 453 g/mol. The van der Waals surface area contributed by atoms with Gasteiger partial charge in [0.15, 0.2) is 0 Å². The van der Waals surface area contributed by atoms with Gasteiger partial charge < -0.3 is 0 Å². The second kappa shape index (κ2) is 19.3. The Hall–Kier alpha value is 2.12. The molecule has 0 saturated carbocycles. The summed E-state index contributed by atoms with van der Waals surface area (Å²) >= 11 is 4.14. The molecule has 0 fully saturated rings. The van der Waals surface area contributed by atoms with E-state index in [4.69, 9.17) is 0 Å². The molecule has 4 heavy (non-hydrogen) atoms. The van der Waals surface area contributed by atoms with Gasteiger partial charge in [0.05, 0.1) is 0 Å². The molecule has 0 radical (unpaired) electrons. The van der Waals surface area contributed by atoms with Crippen LogP contribution in [-0.4, -0.2) is 0 Å². The van der Waals surface area contributed by atoms with E-state index in [2.05, 4.69) is 17.0 Å². The van der Waals surface area contributed by atoms with E-state index in [0.29, 0.717) is 0 Å². The molecule has 4 heteroatoms. The first-order valence-electron chi connectivity index (χ1n) is 0.218. The van der Waals surface area contributed by atoms with E-state index in [1.165, 1.54) is 0 Å². The summed E-state index contributed by atoms with van der Waals surface area (Å²) in [5, 5.41) is 3.97. The van der Waals surface area contributed by atoms with Crippen molar-refractivity contribution in [1.82, 2.24) is 0 Å². The van der Waals surface area contributed by atoms with Gasteiger partial charge in [0, 0.05) is 55.3 Å². The first-order valence-corrected chi connectivity index (χ1v) is 0.655. The molecule has 0 saturated heterocycles. The first kappa shape index (κ1) is 16.5. The van der Waals surface area contributed by atoms with Crippen molar-refractivity contribution in [3.63, 3.8) is 0 Å².